The first-order chi connectivity index (χ1) is 10.1. The Labute approximate surface area is 124 Å². The standard InChI is InChI=1S/C16H22O5/c1-20-15(18)10-6-3-7-12(11-17)13-8-4-5-9-14(13)16(19)21-2/h4-5,8-9,12,17H,3,6-7,10-11H2,1-2H3. The van der Waals surface area contributed by atoms with Crippen molar-refractivity contribution >= 4 is 11.9 Å². The maximum Gasteiger partial charge on any atom is 0.338 e. The van der Waals surface area contributed by atoms with E-state index in [1.54, 1.807) is 12.1 Å². The molecule has 0 radical (unpaired) electrons. The van der Waals surface area contributed by atoms with Crippen molar-refractivity contribution in [2.24, 2.45) is 0 Å². The molecule has 0 amide bonds. The highest BCUT2D eigenvalue weighted by Gasteiger charge is 2.18. The molecule has 0 fully saturated rings. The number of rotatable bonds is 8. The smallest absolute Gasteiger partial charge is 0.338 e. The van der Waals surface area contributed by atoms with E-state index in [1.165, 1.54) is 14.2 Å². The first kappa shape index (κ1) is 17.2. The van der Waals surface area contributed by atoms with Crippen LogP contribution in [0.4, 0.5) is 0 Å². The number of hydrogen-bond donors (Lipinski definition) is 1. The Morgan fingerprint density at radius 3 is 2.48 bits per heavy atom. The summed E-state index contributed by atoms with van der Waals surface area (Å²) in [7, 11) is 2.70. The number of methoxy groups -OCH3 is 2. The Hall–Kier alpha value is -1.88. The van der Waals surface area contributed by atoms with Gasteiger partial charge in [-0.25, -0.2) is 4.79 Å². The summed E-state index contributed by atoms with van der Waals surface area (Å²) in [6.45, 7) is -0.0494. The molecule has 0 aliphatic heterocycles. The molecule has 5 heteroatoms. The van der Waals surface area contributed by atoms with Crippen LogP contribution in [0.2, 0.25) is 0 Å². The van der Waals surface area contributed by atoms with E-state index in [9.17, 15) is 14.7 Å². The first-order valence-electron chi connectivity index (χ1n) is 6.99. The molecule has 0 heterocycles. The van der Waals surface area contributed by atoms with Crippen molar-refractivity contribution in [3.05, 3.63) is 35.4 Å². The van der Waals surface area contributed by atoms with Gasteiger partial charge in [0.15, 0.2) is 0 Å². The van der Waals surface area contributed by atoms with Crippen molar-refractivity contribution in [3.63, 3.8) is 0 Å². The molecule has 21 heavy (non-hydrogen) atoms. The first-order valence-corrected chi connectivity index (χ1v) is 6.99. The van der Waals surface area contributed by atoms with E-state index in [0.29, 0.717) is 24.8 Å². The number of aliphatic hydroxyl groups excluding tert-OH is 1. The third-order valence-electron chi connectivity index (χ3n) is 3.44. The van der Waals surface area contributed by atoms with Gasteiger partial charge in [0.1, 0.15) is 0 Å². The van der Waals surface area contributed by atoms with Gasteiger partial charge in [-0.2, -0.15) is 0 Å². The highest BCUT2D eigenvalue weighted by atomic mass is 16.5. The Bertz CT molecular complexity index is 469. The van der Waals surface area contributed by atoms with Gasteiger partial charge in [-0.3, -0.25) is 4.79 Å². The van der Waals surface area contributed by atoms with Crippen molar-refractivity contribution in [2.75, 3.05) is 20.8 Å². The SMILES string of the molecule is COC(=O)CCCCC(CO)c1ccccc1C(=O)OC. The summed E-state index contributed by atoms with van der Waals surface area (Å²) in [5, 5.41) is 9.57. The van der Waals surface area contributed by atoms with E-state index in [-0.39, 0.29) is 18.5 Å². The van der Waals surface area contributed by atoms with Gasteiger partial charge in [-0.15, -0.1) is 0 Å². The zero-order valence-corrected chi connectivity index (χ0v) is 12.5. The largest absolute Gasteiger partial charge is 0.469 e. The minimum Gasteiger partial charge on any atom is -0.469 e. The number of carbonyl (C=O) groups is 2. The summed E-state index contributed by atoms with van der Waals surface area (Å²) in [6.07, 6.45) is 2.54. The summed E-state index contributed by atoms with van der Waals surface area (Å²) in [5.74, 6) is -0.776. The lowest BCUT2D eigenvalue weighted by Gasteiger charge is -2.17. The number of benzene rings is 1. The predicted molar refractivity (Wildman–Crippen MR) is 78.1 cm³/mol. The van der Waals surface area contributed by atoms with Crippen molar-refractivity contribution in [3.8, 4) is 0 Å². The zero-order chi connectivity index (χ0) is 15.7. The molecule has 0 aliphatic carbocycles. The fraction of sp³-hybridized carbons (Fsp3) is 0.500. The van der Waals surface area contributed by atoms with E-state index in [0.717, 1.165) is 12.0 Å². The zero-order valence-electron chi connectivity index (χ0n) is 12.5. The summed E-state index contributed by atoms with van der Waals surface area (Å²) >= 11 is 0. The summed E-state index contributed by atoms with van der Waals surface area (Å²) in [4.78, 5) is 22.8. The molecule has 1 aromatic carbocycles. The van der Waals surface area contributed by atoms with Gasteiger partial charge in [0.05, 0.1) is 19.8 Å². The highest BCUT2D eigenvalue weighted by Crippen LogP contribution is 2.25. The molecular formula is C16H22O5. The quantitative estimate of drug-likeness (QED) is 0.588. The van der Waals surface area contributed by atoms with Crippen molar-refractivity contribution in [2.45, 2.75) is 31.6 Å². The maximum absolute atomic E-state index is 11.7. The normalized spacial score (nSPS) is 11.8. The third kappa shape index (κ3) is 5.19. The third-order valence-corrected chi connectivity index (χ3v) is 3.44. The highest BCUT2D eigenvalue weighted by molar-refractivity contribution is 5.91. The molecule has 0 saturated carbocycles. The average Bonchev–Trinajstić information content (AvgIpc) is 2.54. The van der Waals surface area contributed by atoms with Crippen molar-refractivity contribution in [1.82, 2.24) is 0 Å². The Morgan fingerprint density at radius 1 is 1.14 bits per heavy atom. The van der Waals surface area contributed by atoms with Crippen LogP contribution < -0.4 is 0 Å². The van der Waals surface area contributed by atoms with Gasteiger partial charge < -0.3 is 14.6 Å². The molecule has 0 spiro atoms. The lowest BCUT2D eigenvalue weighted by Crippen LogP contribution is -2.12. The lowest BCUT2D eigenvalue weighted by molar-refractivity contribution is -0.140. The van der Waals surface area contributed by atoms with Gasteiger partial charge in [0.25, 0.3) is 0 Å². The average molecular weight is 294 g/mol. The van der Waals surface area contributed by atoms with Gasteiger partial charge in [0.2, 0.25) is 0 Å². The molecule has 0 bridgehead atoms. The Kier molecular flexibility index (Phi) is 7.46. The van der Waals surface area contributed by atoms with Crippen LogP contribution in [0.5, 0.6) is 0 Å². The van der Waals surface area contributed by atoms with Gasteiger partial charge in [-0.1, -0.05) is 24.6 Å². The summed E-state index contributed by atoms with van der Waals surface area (Å²) < 4.78 is 9.35. The molecule has 1 aromatic rings. The monoisotopic (exact) mass is 294 g/mol. The molecule has 5 nitrogen and oxygen atoms in total. The van der Waals surface area contributed by atoms with Crippen LogP contribution in [0.1, 0.15) is 47.5 Å². The minimum absolute atomic E-state index is 0.0494. The Balaban J connectivity index is 2.68. The topological polar surface area (TPSA) is 72.8 Å². The van der Waals surface area contributed by atoms with E-state index < -0.39 is 5.97 Å². The van der Waals surface area contributed by atoms with Crippen LogP contribution in [0.3, 0.4) is 0 Å². The van der Waals surface area contributed by atoms with Crippen LogP contribution in [-0.2, 0) is 14.3 Å². The second-order valence-corrected chi connectivity index (χ2v) is 4.78. The van der Waals surface area contributed by atoms with E-state index >= 15 is 0 Å². The molecule has 1 atom stereocenters. The van der Waals surface area contributed by atoms with Crippen molar-refractivity contribution < 1.29 is 24.2 Å². The van der Waals surface area contributed by atoms with Crippen LogP contribution in [-0.4, -0.2) is 37.9 Å². The summed E-state index contributed by atoms with van der Waals surface area (Å²) in [6, 6.07) is 7.12. The van der Waals surface area contributed by atoms with Crippen LogP contribution in [0.25, 0.3) is 0 Å². The molecule has 116 valence electrons. The van der Waals surface area contributed by atoms with E-state index in [1.807, 2.05) is 12.1 Å². The molecule has 0 aromatic heterocycles. The molecule has 1 unspecified atom stereocenters. The van der Waals surface area contributed by atoms with Gasteiger partial charge in [0, 0.05) is 18.9 Å². The summed E-state index contributed by atoms with van der Waals surface area (Å²) in [5.41, 5.74) is 1.26. The lowest BCUT2D eigenvalue weighted by atomic mass is 9.90. The van der Waals surface area contributed by atoms with E-state index in [4.69, 9.17) is 4.74 Å². The number of hydrogen-bond acceptors (Lipinski definition) is 5. The van der Waals surface area contributed by atoms with E-state index in [2.05, 4.69) is 4.74 Å². The maximum atomic E-state index is 11.7. The predicted octanol–water partition coefficient (Wildman–Crippen LogP) is 2.28. The number of aliphatic hydroxyl groups is 1. The molecule has 1 N–H and O–H groups in total. The van der Waals surface area contributed by atoms with Crippen LogP contribution in [0.15, 0.2) is 24.3 Å². The second-order valence-electron chi connectivity index (χ2n) is 4.78. The second kappa shape index (κ2) is 9.13. The molecular weight excluding hydrogens is 272 g/mol. The van der Waals surface area contributed by atoms with Crippen LogP contribution >= 0.6 is 0 Å². The molecule has 0 aliphatic rings. The van der Waals surface area contributed by atoms with Crippen LogP contribution in [0, 0.1) is 0 Å². The minimum atomic E-state index is -0.404. The molecule has 0 saturated heterocycles. The fourth-order valence-electron chi connectivity index (χ4n) is 2.26. The Morgan fingerprint density at radius 2 is 1.86 bits per heavy atom. The van der Waals surface area contributed by atoms with Gasteiger partial charge >= 0.3 is 11.9 Å². The number of unbranched alkanes of at least 4 members (excludes halogenated alkanes) is 1. The fourth-order valence-corrected chi connectivity index (χ4v) is 2.26. The van der Waals surface area contributed by atoms with Gasteiger partial charge in [-0.05, 0) is 24.5 Å². The number of carbonyl (C=O) groups excluding carboxylic acids is 2. The number of ether oxygens (including phenoxy) is 2. The number of esters is 2. The molecule has 1 rings (SSSR count). The van der Waals surface area contributed by atoms with Crippen molar-refractivity contribution in [1.29, 1.82) is 0 Å².